The van der Waals surface area contributed by atoms with Crippen LogP contribution in [0.5, 0.6) is 23.0 Å². The van der Waals surface area contributed by atoms with E-state index in [0.29, 0.717) is 31.9 Å². The maximum Gasteiger partial charge on any atom is 0.222 e. The van der Waals surface area contributed by atoms with Gasteiger partial charge in [0.15, 0.2) is 28.5 Å². The first kappa shape index (κ1) is 18.6. The summed E-state index contributed by atoms with van der Waals surface area (Å²) >= 11 is 0. The molecule has 1 saturated heterocycles. The molecule has 0 radical (unpaired) electrons. The van der Waals surface area contributed by atoms with E-state index < -0.39 is 22.7 Å². The van der Waals surface area contributed by atoms with Crippen LogP contribution < -0.4 is 10.3 Å². The fourth-order valence-electron chi connectivity index (χ4n) is 3.39. The van der Waals surface area contributed by atoms with Gasteiger partial charge in [0.2, 0.25) is 11.2 Å². The predicted octanol–water partition coefficient (Wildman–Crippen LogP) is 2.45. The Morgan fingerprint density at radius 1 is 0.966 bits per heavy atom. The molecule has 1 fully saturated rings. The zero-order chi connectivity index (χ0) is 20.7. The average molecular weight is 398 g/mol. The molecule has 0 bridgehead atoms. The van der Waals surface area contributed by atoms with Gasteiger partial charge in [0.05, 0.1) is 13.2 Å². The summed E-state index contributed by atoms with van der Waals surface area (Å²) in [5.41, 5.74) is -0.473. The Kier molecular flexibility index (Phi) is 4.51. The molecule has 1 aromatic heterocycles. The number of aliphatic imine (C=N–C) groups is 1. The van der Waals surface area contributed by atoms with Crippen LogP contribution in [0.25, 0.3) is 22.3 Å². The Balaban J connectivity index is 2.11. The molecule has 9 nitrogen and oxygen atoms in total. The van der Waals surface area contributed by atoms with E-state index in [9.17, 15) is 25.2 Å². The molecule has 150 valence electrons. The quantitative estimate of drug-likeness (QED) is 0.390. The number of rotatable bonds is 3. The highest BCUT2D eigenvalue weighted by Crippen LogP contribution is 2.50. The van der Waals surface area contributed by atoms with Crippen molar-refractivity contribution in [1.29, 1.82) is 0 Å². The molecule has 29 heavy (non-hydrogen) atoms. The van der Waals surface area contributed by atoms with E-state index in [4.69, 9.17) is 9.15 Å². The fraction of sp³-hybridized carbons (Fsp3) is 0.200. The van der Waals surface area contributed by atoms with Gasteiger partial charge in [-0.2, -0.15) is 0 Å². The number of morpholine rings is 1. The van der Waals surface area contributed by atoms with Gasteiger partial charge < -0.3 is 34.5 Å². The number of ether oxygens (including phenoxy) is 1. The summed E-state index contributed by atoms with van der Waals surface area (Å²) < 4.78 is 11.3. The molecule has 1 aliphatic heterocycles. The Morgan fingerprint density at radius 2 is 1.62 bits per heavy atom. The van der Waals surface area contributed by atoms with Crippen molar-refractivity contribution in [1.82, 2.24) is 0 Å². The van der Waals surface area contributed by atoms with E-state index in [1.165, 1.54) is 24.3 Å². The largest absolute Gasteiger partial charge is 0.508 e. The first-order valence-electron chi connectivity index (χ1n) is 8.80. The van der Waals surface area contributed by atoms with Crippen molar-refractivity contribution in [3.63, 3.8) is 0 Å². The third-order valence-corrected chi connectivity index (χ3v) is 4.83. The Labute approximate surface area is 164 Å². The number of hydrogen-bond donors (Lipinski definition) is 4. The van der Waals surface area contributed by atoms with Crippen LogP contribution in [-0.2, 0) is 4.74 Å². The molecule has 0 spiro atoms. The summed E-state index contributed by atoms with van der Waals surface area (Å²) in [5, 5.41) is 40.3. The van der Waals surface area contributed by atoms with Crippen LogP contribution in [0.2, 0.25) is 0 Å². The molecule has 1 aliphatic rings. The number of nitrogens with zero attached hydrogens (tertiary/aromatic N) is 2. The summed E-state index contributed by atoms with van der Waals surface area (Å²) in [4.78, 5) is 18.5. The Bertz CT molecular complexity index is 1160. The highest BCUT2D eigenvalue weighted by Gasteiger charge is 2.29. The van der Waals surface area contributed by atoms with Crippen molar-refractivity contribution < 1.29 is 29.6 Å². The number of phenols is 4. The van der Waals surface area contributed by atoms with E-state index in [1.807, 2.05) is 0 Å². The topological polar surface area (TPSA) is 136 Å². The number of benzene rings is 2. The fourth-order valence-corrected chi connectivity index (χ4v) is 3.39. The molecule has 0 unspecified atom stereocenters. The SMILES string of the molecule is C=Nc1c(-c2ccc(O)cc2)oc2c(N3CCOCC3)c(O)c(O)c(O)c2c1=O. The highest BCUT2D eigenvalue weighted by molar-refractivity contribution is 6.02. The number of hydrogen-bond acceptors (Lipinski definition) is 9. The maximum absolute atomic E-state index is 13.1. The molecule has 0 atom stereocenters. The summed E-state index contributed by atoms with van der Waals surface area (Å²) in [5.74, 6) is -2.14. The smallest absolute Gasteiger partial charge is 0.222 e. The molecule has 2 heterocycles. The van der Waals surface area contributed by atoms with Crippen LogP contribution in [-0.4, -0.2) is 53.4 Å². The number of fused-ring (bicyclic) bond motifs is 1. The Morgan fingerprint density at radius 3 is 2.24 bits per heavy atom. The lowest BCUT2D eigenvalue weighted by Gasteiger charge is -2.30. The van der Waals surface area contributed by atoms with Crippen LogP contribution in [0, 0.1) is 0 Å². The van der Waals surface area contributed by atoms with Crippen molar-refractivity contribution in [2.45, 2.75) is 0 Å². The van der Waals surface area contributed by atoms with E-state index >= 15 is 0 Å². The normalized spacial score (nSPS) is 14.3. The van der Waals surface area contributed by atoms with E-state index in [1.54, 1.807) is 4.90 Å². The van der Waals surface area contributed by atoms with Crippen LogP contribution in [0.15, 0.2) is 38.5 Å². The van der Waals surface area contributed by atoms with Gasteiger partial charge in [0, 0.05) is 18.7 Å². The lowest BCUT2D eigenvalue weighted by Crippen LogP contribution is -2.36. The molecule has 2 aromatic carbocycles. The van der Waals surface area contributed by atoms with E-state index in [2.05, 4.69) is 11.7 Å². The molecule has 0 aliphatic carbocycles. The van der Waals surface area contributed by atoms with Crippen LogP contribution in [0.1, 0.15) is 0 Å². The van der Waals surface area contributed by atoms with Crippen LogP contribution in [0.4, 0.5) is 11.4 Å². The second kappa shape index (κ2) is 7.02. The van der Waals surface area contributed by atoms with Gasteiger partial charge in [-0.25, -0.2) is 0 Å². The van der Waals surface area contributed by atoms with Crippen molar-refractivity contribution in [2.24, 2.45) is 4.99 Å². The number of anilines is 1. The molecule has 3 aromatic rings. The van der Waals surface area contributed by atoms with E-state index in [0.717, 1.165) is 0 Å². The first-order valence-corrected chi connectivity index (χ1v) is 8.80. The monoisotopic (exact) mass is 398 g/mol. The van der Waals surface area contributed by atoms with Gasteiger partial charge >= 0.3 is 0 Å². The van der Waals surface area contributed by atoms with Crippen molar-refractivity contribution in [3.8, 4) is 34.3 Å². The minimum Gasteiger partial charge on any atom is -0.508 e. The number of aromatic hydroxyl groups is 4. The molecule has 0 saturated carbocycles. The number of phenolic OH excluding ortho intramolecular Hbond substituents is 4. The highest BCUT2D eigenvalue weighted by atomic mass is 16.5. The van der Waals surface area contributed by atoms with Crippen molar-refractivity contribution in [3.05, 3.63) is 34.5 Å². The zero-order valence-corrected chi connectivity index (χ0v) is 15.3. The average Bonchev–Trinajstić information content (AvgIpc) is 2.73. The van der Waals surface area contributed by atoms with Gasteiger partial charge in [0.25, 0.3) is 0 Å². The molecular weight excluding hydrogens is 380 g/mol. The third kappa shape index (κ3) is 2.92. The molecule has 4 rings (SSSR count). The minimum atomic E-state index is -0.821. The second-order valence-electron chi connectivity index (χ2n) is 6.51. The van der Waals surface area contributed by atoms with Crippen LogP contribution in [0.3, 0.4) is 0 Å². The van der Waals surface area contributed by atoms with Gasteiger partial charge in [-0.3, -0.25) is 9.79 Å². The molecular formula is C20H18N2O7. The van der Waals surface area contributed by atoms with Gasteiger partial charge in [-0.15, -0.1) is 0 Å². The maximum atomic E-state index is 13.1. The lowest BCUT2D eigenvalue weighted by molar-refractivity contribution is 0.122. The summed E-state index contributed by atoms with van der Waals surface area (Å²) in [6.07, 6.45) is 0. The summed E-state index contributed by atoms with van der Waals surface area (Å²) in [6.45, 7) is 4.93. The predicted molar refractivity (Wildman–Crippen MR) is 107 cm³/mol. The standard InChI is InChI=1S/C20H18N2O7/c1-21-13-15(24)12-16(25)18(27)17(26)14(22-6-8-28-9-7-22)20(12)29-19(13)10-2-4-11(23)5-3-10/h2-5,23,25-27H,1,6-9H2. The first-order chi connectivity index (χ1) is 13.9. The molecule has 9 heteroatoms. The molecule has 0 amide bonds. The van der Waals surface area contributed by atoms with Crippen molar-refractivity contribution in [2.75, 3.05) is 31.2 Å². The minimum absolute atomic E-state index is 0.0271. The Hall–Kier alpha value is -3.72. The van der Waals surface area contributed by atoms with Gasteiger partial charge in [-0.1, -0.05) is 0 Å². The van der Waals surface area contributed by atoms with Crippen molar-refractivity contribution >= 4 is 29.1 Å². The third-order valence-electron chi connectivity index (χ3n) is 4.83. The summed E-state index contributed by atoms with van der Waals surface area (Å²) in [6, 6.07) is 5.90. The van der Waals surface area contributed by atoms with Gasteiger partial charge in [-0.05, 0) is 31.0 Å². The van der Waals surface area contributed by atoms with Crippen LogP contribution >= 0.6 is 0 Å². The summed E-state index contributed by atoms with van der Waals surface area (Å²) in [7, 11) is 0. The second-order valence-corrected chi connectivity index (χ2v) is 6.51. The van der Waals surface area contributed by atoms with Gasteiger partial charge in [0.1, 0.15) is 16.8 Å². The zero-order valence-electron chi connectivity index (χ0n) is 15.3. The lowest BCUT2D eigenvalue weighted by atomic mass is 10.1. The molecule has 4 N–H and O–H groups in total. The van der Waals surface area contributed by atoms with E-state index in [-0.39, 0.29) is 33.9 Å².